The summed E-state index contributed by atoms with van der Waals surface area (Å²) in [6.07, 6.45) is 3.30. The Morgan fingerprint density at radius 1 is 1.14 bits per heavy atom. The number of halogens is 1. The molecule has 0 N–H and O–H groups in total. The quantitative estimate of drug-likeness (QED) is 0.695. The van der Waals surface area contributed by atoms with Crippen LogP contribution in [0.3, 0.4) is 0 Å². The van der Waals surface area contributed by atoms with Gasteiger partial charge in [0, 0.05) is 26.2 Å². The molecule has 2 fully saturated rings. The van der Waals surface area contributed by atoms with Crippen molar-refractivity contribution >= 4 is 23.6 Å². The lowest BCUT2D eigenvalue weighted by atomic mass is 10.1. The first kappa shape index (κ1) is 20.2. The fourth-order valence-corrected chi connectivity index (χ4v) is 4.67. The molecule has 3 heterocycles. The second-order valence-electron chi connectivity index (χ2n) is 7.34. The smallest absolute Gasteiger partial charge is 0.235 e. The maximum absolute atomic E-state index is 13.9. The SMILES string of the molecule is C[C@H](Sc1nnc(N2CCOCC2)n1-c1cccc(F)c1)C(=O)N1CCCCC1. The average Bonchev–Trinajstić information content (AvgIpc) is 3.18. The standard InChI is InChI=1S/C20H26FN5O2S/c1-15(18(27)24-8-3-2-4-9-24)29-20-23-22-19(25-10-12-28-13-11-25)26(20)17-7-5-6-16(21)14-17/h5-7,14-15H,2-4,8-13H2,1H3/t15-/m0/s1. The molecule has 4 rings (SSSR count). The molecule has 1 amide bonds. The van der Waals surface area contributed by atoms with Gasteiger partial charge in [0.25, 0.3) is 0 Å². The van der Waals surface area contributed by atoms with Crippen molar-refractivity contribution in [1.82, 2.24) is 19.7 Å². The van der Waals surface area contributed by atoms with Crippen LogP contribution in [0.15, 0.2) is 29.4 Å². The normalized spacial score (nSPS) is 18.7. The molecule has 0 spiro atoms. The molecule has 1 aromatic carbocycles. The number of thioether (sulfide) groups is 1. The first-order valence-corrected chi connectivity index (χ1v) is 11.0. The molecule has 2 saturated heterocycles. The largest absolute Gasteiger partial charge is 0.378 e. The van der Waals surface area contributed by atoms with E-state index in [1.807, 2.05) is 22.5 Å². The van der Waals surface area contributed by atoms with E-state index in [0.717, 1.165) is 25.9 Å². The first-order chi connectivity index (χ1) is 14.1. The van der Waals surface area contributed by atoms with Crippen LogP contribution in [0, 0.1) is 5.82 Å². The van der Waals surface area contributed by atoms with Crippen molar-refractivity contribution in [2.75, 3.05) is 44.3 Å². The molecular formula is C20H26FN5O2S. The molecule has 1 atom stereocenters. The minimum absolute atomic E-state index is 0.122. The van der Waals surface area contributed by atoms with Gasteiger partial charge >= 0.3 is 0 Å². The molecule has 0 bridgehead atoms. The number of nitrogens with zero attached hydrogens (tertiary/aromatic N) is 5. The number of ether oxygens (including phenoxy) is 1. The Morgan fingerprint density at radius 2 is 1.90 bits per heavy atom. The third-order valence-corrected chi connectivity index (χ3v) is 6.30. The maximum Gasteiger partial charge on any atom is 0.235 e. The molecule has 0 saturated carbocycles. The third kappa shape index (κ3) is 4.56. The highest BCUT2D eigenvalue weighted by Gasteiger charge is 2.27. The van der Waals surface area contributed by atoms with Gasteiger partial charge < -0.3 is 14.5 Å². The van der Waals surface area contributed by atoms with Crippen LogP contribution in [0.1, 0.15) is 26.2 Å². The molecule has 0 radical (unpaired) electrons. The predicted molar refractivity (Wildman–Crippen MR) is 110 cm³/mol. The second kappa shape index (κ2) is 9.13. The summed E-state index contributed by atoms with van der Waals surface area (Å²) in [4.78, 5) is 16.9. The van der Waals surface area contributed by atoms with E-state index in [1.54, 1.807) is 6.07 Å². The Morgan fingerprint density at radius 3 is 2.62 bits per heavy atom. The summed E-state index contributed by atoms with van der Waals surface area (Å²) >= 11 is 1.38. The molecule has 156 valence electrons. The van der Waals surface area contributed by atoms with Crippen molar-refractivity contribution in [3.05, 3.63) is 30.1 Å². The highest BCUT2D eigenvalue weighted by molar-refractivity contribution is 8.00. The highest BCUT2D eigenvalue weighted by atomic mass is 32.2. The van der Waals surface area contributed by atoms with E-state index >= 15 is 0 Å². The number of likely N-dealkylation sites (tertiary alicyclic amines) is 1. The summed E-state index contributed by atoms with van der Waals surface area (Å²) in [5, 5.41) is 9.05. The zero-order chi connectivity index (χ0) is 20.2. The number of morpholine rings is 1. The van der Waals surface area contributed by atoms with E-state index in [2.05, 4.69) is 15.1 Å². The van der Waals surface area contributed by atoms with E-state index in [9.17, 15) is 9.18 Å². The summed E-state index contributed by atoms with van der Waals surface area (Å²) in [7, 11) is 0. The van der Waals surface area contributed by atoms with E-state index in [4.69, 9.17) is 4.74 Å². The number of carbonyl (C=O) groups is 1. The Kier molecular flexibility index (Phi) is 6.34. The summed E-state index contributed by atoms with van der Waals surface area (Å²) < 4.78 is 21.2. The van der Waals surface area contributed by atoms with Gasteiger partial charge in [-0.1, -0.05) is 17.8 Å². The number of amides is 1. The number of hydrogen-bond donors (Lipinski definition) is 0. The molecular weight excluding hydrogens is 393 g/mol. The highest BCUT2D eigenvalue weighted by Crippen LogP contribution is 2.31. The lowest BCUT2D eigenvalue weighted by molar-refractivity contribution is -0.131. The van der Waals surface area contributed by atoms with Crippen LogP contribution in [0.4, 0.5) is 10.3 Å². The summed E-state index contributed by atoms with van der Waals surface area (Å²) in [6.45, 7) is 6.16. The predicted octanol–water partition coefficient (Wildman–Crippen LogP) is 2.74. The van der Waals surface area contributed by atoms with Gasteiger partial charge in [0.2, 0.25) is 11.9 Å². The summed E-state index contributed by atoms with van der Waals surface area (Å²) in [6, 6.07) is 6.38. The molecule has 7 nitrogen and oxygen atoms in total. The van der Waals surface area contributed by atoms with Crippen LogP contribution in [-0.2, 0) is 9.53 Å². The van der Waals surface area contributed by atoms with Gasteiger partial charge in [0.1, 0.15) is 5.82 Å². The second-order valence-corrected chi connectivity index (χ2v) is 8.65. The van der Waals surface area contributed by atoms with Gasteiger partial charge in [-0.25, -0.2) is 4.39 Å². The summed E-state index contributed by atoms with van der Waals surface area (Å²) in [5.74, 6) is 0.452. The number of aromatic nitrogens is 3. The molecule has 0 aliphatic carbocycles. The monoisotopic (exact) mass is 419 g/mol. The van der Waals surface area contributed by atoms with E-state index < -0.39 is 0 Å². The molecule has 2 aliphatic rings. The van der Waals surface area contributed by atoms with Gasteiger partial charge in [-0.05, 0) is 44.4 Å². The van der Waals surface area contributed by atoms with Crippen molar-refractivity contribution in [1.29, 1.82) is 0 Å². The van der Waals surface area contributed by atoms with Crippen LogP contribution < -0.4 is 4.90 Å². The van der Waals surface area contributed by atoms with Crippen LogP contribution in [0.5, 0.6) is 0 Å². The van der Waals surface area contributed by atoms with Gasteiger partial charge in [-0.3, -0.25) is 9.36 Å². The fraction of sp³-hybridized carbons (Fsp3) is 0.550. The average molecular weight is 420 g/mol. The zero-order valence-corrected chi connectivity index (χ0v) is 17.4. The number of hydrogen-bond acceptors (Lipinski definition) is 6. The maximum atomic E-state index is 13.9. The Bertz CT molecular complexity index is 849. The first-order valence-electron chi connectivity index (χ1n) is 10.1. The molecule has 1 aromatic heterocycles. The zero-order valence-electron chi connectivity index (χ0n) is 16.6. The Hall–Kier alpha value is -2.13. The van der Waals surface area contributed by atoms with Crippen LogP contribution in [0.25, 0.3) is 5.69 Å². The molecule has 2 aliphatic heterocycles. The van der Waals surface area contributed by atoms with Crippen molar-refractivity contribution in [3.63, 3.8) is 0 Å². The third-order valence-electron chi connectivity index (χ3n) is 5.27. The molecule has 0 unspecified atom stereocenters. The van der Waals surface area contributed by atoms with E-state index in [-0.39, 0.29) is 17.0 Å². The van der Waals surface area contributed by atoms with Crippen molar-refractivity contribution in [3.8, 4) is 5.69 Å². The minimum atomic E-state index is -0.322. The van der Waals surface area contributed by atoms with Crippen LogP contribution in [-0.4, -0.2) is 70.2 Å². The summed E-state index contributed by atoms with van der Waals surface area (Å²) in [5.41, 5.74) is 0.650. The van der Waals surface area contributed by atoms with E-state index in [1.165, 1.54) is 30.3 Å². The molecule has 2 aromatic rings. The lowest BCUT2D eigenvalue weighted by Gasteiger charge is -2.29. The Balaban J connectivity index is 1.62. The number of benzene rings is 1. The van der Waals surface area contributed by atoms with Crippen molar-refractivity contribution in [2.24, 2.45) is 0 Å². The number of anilines is 1. The van der Waals surface area contributed by atoms with Crippen LogP contribution >= 0.6 is 11.8 Å². The fourth-order valence-electron chi connectivity index (χ4n) is 3.73. The Labute approximate surface area is 174 Å². The number of carbonyl (C=O) groups excluding carboxylic acids is 1. The topological polar surface area (TPSA) is 63.5 Å². The van der Waals surface area contributed by atoms with Crippen molar-refractivity contribution in [2.45, 2.75) is 36.6 Å². The van der Waals surface area contributed by atoms with Crippen LogP contribution in [0.2, 0.25) is 0 Å². The lowest BCUT2D eigenvalue weighted by Crippen LogP contribution is -2.40. The number of rotatable bonds is 5. The number of piperidine rings is 1. The van der Waals surface area contributed by atoms with Crippen molar-refractivity contribution < 1.29 is 13.9 Å². The van der Waals surface area contributed by atoms with Gasteiger partial charge in [-0.15, -0.1) is 10.2 Å². The van der Waals surface area contributed by atoms with Gasteiger partial charge in [0.15, 0.2) is 5.16 Å². The van der Waals surface area contributed by atoms with E-state index in [0.29, 0.717) is 43.1 Å². The molecule has 9 heteroatoms. The minimum Gasteiger partial charge on any atom is -0.378 e. The molecule has 29 heavy (non-hydrogen) atoms. The van der Waals surface area contributed by atoms with Gasteiger partial charge in [-0.2, -0.15) is 0 Å². The van der Waals surface area contributed by atoms with Gasteiger partial charge in [0.05, 0.1) is 24.2 Å².